The van der Waals surface area contributed by atoms with E-state index in [0.29, 0.717) is 35.7 Å². The highest BCUT2D eigenvalue weighted by Gasteiger charge is 2.30. The van der Waals surface area contributed by atoms with Crippen molar-refractivity contribution in [3.05, 3.63) is 46.2 Å². The SMILES string of the molecule is O=C(O)c1nn(-c2ccc(Cl)cc2)c2c1C(=O)CCC2. The molecule has 0 fully saturated rings. The Kier molecular flexibility index (Phi) is 3.06. The average molecular weight is 291 g/mol. The molecule has 1 heterocycles. The first-order valence-electron chi connectivity index (χ1n) is 6.22. The van der Waals surface area contributed by atoms with Crippen LogP contribution in [0.15, 0.2) is 24.3 Å². The highest BCUT2D eigenvalue weighted by atomic mass is 35.5. The number of aromatic nitrogens is 2. The van der Waals surface area contributed by atoms with Gasteiger partial charge in [0.15, 0.2) is 11.5 Å². The van der Waals surface area contributed by atoms with Crippen molar-refractivity contribution < 1.29 is 14.7 Å². The van der Waals surface area contributed by atoms with Crippen molar-refractivity contribution in [1.29, 1.82) is 0 Å². The molecule has 5 nitrogen and oxygen atoms in total. The van der Waals surface area contributed by atoms with Crippen LogP contribution in [0.3, 0.4) is 0 Å². The number of halogens is 1. The molecule has 3 rings (SSSR count). The fraction of sp³-hybridized carbons (Fsp3) is 0.214. The van der Waals surface area contributed by atoms with Gasteiger partial charge in [0.25, 0.3) is 0 Å². The third kappa shape index (κ3) is 2.00. The zero-order valence-electron chi connectivity index (χ0n) is 10.5. The lowest BCUT2D eigenvalue weighted by atomic mass is 9.94. The standard InChI is InChI=1S/C14H11ClN2O3/c15-8-4-6-9(7-5-8)17-10-2-1-3-11(18)12(10)13(16-17)14(19)20/h4-7H,1-3H2,(H,19,20). The number of Topliss-reactive ketones (excluding diaryl/α,β-unsaturated/α-hetero) is 1. The summed E-state index contributed by atoms with van der Waals surface area (Å²) in [7, 11) is 0. The minimum Gasteiger partial charge on any atom is -0.476 e. The molecule has 0 saturated carbocycles. The average Bonchev–Trinajstić information content (AvgIpc) is 2.81. The van der Waals surface area contributed by atoms with Crippen LogP contribution in [0, 0.1) is 0 Å². The fourth-order valence-electron chi connectivity index (χ4n) is 2.46. The van der Waals surface area contributed by atoms with Gasteiger partial charge in [-0.3, -0.25) is 4.79 Å². The number of hydrogen-bond acceptors (Lipinski definition) is 3. The van der Waals surface area contributed by atoms with Gasteiger partial charge in [-0.25, -0.2) is 9.48 Å². The summed E-state index contributed by atoms with van der Waals surface area (Å²) in [5.41, 5.74) is 1.45. The summed E-state index contributed by atoms with van der Waals surface area (Å²) in [6.07, 6.45) is 1.73. The Hall–Kier alpha value is -2.14. The Bertz CT molecular complexity index is 704. The summed E-state index contributed by atoms with van der Waals surface area (Å²) in [5, 5.41) is 13.9. The van der Waals surface area contributed by atoms with Crippen LogP contribution in [0.2, 0.25) is 5.02 Å². The normalized spacial score (nSPS) is 14.2. The Labute approximate surface area is 119 Å². The first-order chi connectivity index (χ1) is 9.58. The molecule has 0 atom stereocenters. The van der Waals surface area contributed by atoms with Crippen LogP contribution in [-0.2, 0) is 6.42 Å². The van der Waals surface area contributed by atoms with Gasteiger partial charge < -0.3 is 5.11 Å². The predicted molar refractivity (Wildman–Crippen MR) is 72.8 cm³/mol. The van der Waals surface area contributed by atoms with Crippen molar-refractivity contribution in [3.8, 4) is 5.69 Å². The van der Waals surface area contributed by atoms with Gasteiger partial charge in [-0.15, -0.1) is 0 Å². The quantitative estimate of drug-likeness (QED) is 0.923. The van der Waals surface area contributed by atoms with Gasteiger partial charge in [-0.2, -0.15) is 5.10 Å². The van der Waals surface area contributed by atoms with E-state index in [2.05, 4.69) is 5.10 Å². The molecular weight excluding hydrogens is 280 g/mol. The van der Waals surface area contributed by atoms with Gasteiger partial charge in [0.1, 0.15) is 0 Å². The van der Waals surface area contributed by atoms with Crippen molar-refractivity contribution in [1.82, 2.24) is 9.78 Å². The maximum atomic E-state index is 12.0. The topological polar surface area (TPSA) is 72.2 Å². The Morgan fingerprint density at radius 3 is 2.60 bits per heavy atom. The van der Waals surface area contributed by atoms with Crippen molar-refractivity contribution in [3.63, 3.8) is 0 Å². The summed E-state index contributed by atoms with van der Waals surface area (Å²) in [6.45, 7) is 0. The number of rotatable bonds is 2. The van der Waals surface area contributed by atoms with Crippen molar-refractivity contribution in [2.24, 2.45) is 0 Å². The molecule has 0 unspecified atom stereocenters. The number of hydrogen-bond donors (Lipinski definition) is 1. The zero-order chi connectivity index (χ0) is 14.3. The molecule has 1 aromatic heterocycles. The summed E-state index contributed by atoms with van der Waals surface area (Å²) in [5.74, 6) is -1.33. The third-order valence-corrected chi connectivity index (χ3v) is 3.60. The van der Waals surface area contributed by atoms with Crippen LogP contribution in [0.1, 0.15) is 39.4 Å². The summed E-state index contributed by atoms with van der Waals surface area (Å²) in [4.78, 5) is 23.2. The molecule has 6 heteroatoms. The number of carboxylic acid groups (broad SMARTS) is 1. The molecular formula is C14H11ClN2O3. The lowest BCUT2D eigenvalue weighted by molar-refractivity contribution is 0.0684. The maximum absolute atomic E-state index is 12.0. The second-order valence-electron chi connectivity index (χ2n) is 4.64. The number of fused-ring (bicyclic) bond motifs is 1. The van der Waals surface area contributed by atoms with E-state index in [-0.39, 0.29) is 17.0 Å². The smallest absolute Gasteiger partial charge is 0.357 e. The zero-order valence-corrected chi connectivity index (χ0v) is 11.2. The molecule has 0 amide bonds. The number of aromatic carboxylic acids is 1. The van der Waals surface area contributed by atoms with Crippen molar-refractivity contribution in [2.75, 3.05) is 0 Å². The van der Waals surface area contributed by atoms with E-state index in [4.69, 9.17) is 11.6 Å². The minimum absolute atomic E-state index is 0.149. The van der Waals surface area contributed by atoms with E-state index in [1.165, 1.54) is 4.68 Å². The number of benzene rings is 1. The molecule has 0 aliphatic heterocycles. The van der Waals surface area contributed by atoms with Gasteiger partial charge >= 0.3 is 5.97 Å². The summed E-state index contributed by atoms with van der Waals surface area (Å²) < 4.78 is 1.53. The van der Waals surface area contributed by atoms with Crippen molar-refractivity contribution in [2.45, 2.75) is 19.3 Å². The van der Waals surface area contributed by atoms with Gasteiger partial charge in [0.2, 0.25) is 0 Å². The van der Waals surface area contributed by atoms with E-state index < -0.39 is 5.97 Å². The van der Waals surface area contributed by atoms with Crippen LogP contribution >= 0.6 is 11.6 Å². The lowest BCUT2D eigenvalue weighted by Gasteiger charge is -2.13. The monoisotopic (exact) mass is 290 g/mol. The number of carboxylic acids is 1. The van der Waals surface area contributed by atoms with Gasteiger partial charge in [0.05, 0.1) is 16.9 Å². The van der Waals surface area contributed by atoms with Gasteiger partial charge in [0, 0.05) is 11.4 Å². The van der Waals surface area contributed by atoms with Crippen LogP contribution in [0.4, 0.5) is 0 Å². The molecule has 0 bridgehead atoms. The Morgan fingerprint density at radius 2 is 1.95 bits per heavy atom. The second-order valence-corrected chi connectivity index (χ2v) is 5.08. The van der Waals surface area contributed by atoms with Gasteiger partial charge in [-0.05, 0) is 37.1 Å². The molecule has 2 aromatic rings. The second kappa shape index (κ2) is 4.76. The minimum atomic E-state index is -1.18. The highest BCUT2D eigenvalue weighted by molar-refractivity contribution is 6.30. The summed E-state index contributed by atoms with van der Waals surface area (Å²) in [6, 6.07) is 6.91. The number of carbonyl (C=O) groups is 2. The fourth-order valence-corrected chi connectivity index (χ4v) is 2.59. The molecule has 0 saturated heterocycles. The molecule has 0 spiro atoms. The first kappa shape index (κ1) is 12.9. The molecule has 1 aliphatic rings. The molecule has 1 aliphatic carbocycles. The highest BCUT2D eigenvalue weighted by Crippen LogP contribution is 2.27. The number of carbonyl (C=O) groups excluding carboxylic acids is 1. The van der Waals surface area contributed by atoms with Crippen LogP contribution in [-0.4, -0.2) is 26.6 Å². The molecule has 1 N–H and O–H groups in total. The van der Waals surface area contributed by atoms with E-state index in [9.17, 15) is 14.7 Å². The van der Waals surface area contributed by atoms with Crippen LogP contribution < -0.4 is 0 Å². The molecule has 1 aromatic carbocycles. The van der Waals surface area contributed by atoms with E-state index >= 15 is 0 Å². The number of ketones is 1. The van der Waals surface area contributed by atoms with Crippen molar-refractivity contribution >= 4 is 23.4 Å². The Balaban J connectivity index is 2.22. The molecule has 0 radical (unpaired) electrons. The van der Waals surface area contributed by atoms with Crippen LogP contribution in [0.5, 0.6) is 0 Å². The Morgan fingerprint density at radius 1 is 1.25 bits per heavy atom. The lowest BCUT2D eigenvalue weighted by Crippen LogP contribution is -2.14. The molecule has 102 valence electrons. The summed E-state index contributed by atoms with van der Waals surface area (Å²) >= 11 is 5.84. The largest absolute Gasteiger partial charge is 0.476 e. The third-order valence-electron chi connectivity index (χ3n) is 3.35. The van der Waals surface area contributed by atoms with E-state index in [1.807, 2.05) is 0 Å². The first-order valence-corrected chi connectivity index (χ1v) is 6.60. The van der Waals surface area contributed by atoms with E-state index in [0.717, 1.165) is 0 Å². The van der Waals surface area contributed by atoms with Gasteiger partial charge in [-0.1, -0.05) is 11.6 Å². The molecule has 20 heavy (non-hydrogen) atoms. The van der Waals surface area contributed by atoms with E-state index in [1.54, 1.807) is 24.3 Å². The maximum Gasteiger partial charge on any atom is 0.357 e. The van der Waals surface area contributed by atoms with Crippen LogP contribution in [0.25, 0.3) is 5.69 Å². The number of nitrogens with zero attached hydrogens (tertiary/aromatic N) is 2. The predicted octanol–water partition coefficient (Wildman–Crippen LogP) is 2.74.